The van der Waals surface area contributed by atoms with Gasteiger partial charge in [0.2, 0.25) is 0 Å². The van der Waals surface area contributed by atoms with Crippen LogP contribution in [0, 0.1) is 0 Å². The van der Waals surface area contributed by atoms with Gasteiger partial charge in [-0.05, 0) is 11.6 Å². The van der Waals surface area contributed by atoms with E-state index in [1.165, 1.54) is 5.56 Å². The third-order valence-corrected chi connectivity index (χ3v) is 2.52. The number of benzene rings is 1. The molecule has 0 bridgehead atoms. The van der Waals surface area contributed by atoms with E-state index in [1.807, 2.05) is 35.1 Å². The van der Waals surface area contributed by atoms with Crippen LogP contribution >= 0.6 is 0 Å². The first-order valence-electron chi connectivity index (χ1n) is 4.99. The van der Waals surface area contributed by atoms with Gasteiger partial charge in [0.15, 0.2) is 0 Å². The second-order valence-corrected chi connectivity index (χ2v) is 3.46. The summed E-state index contributed by atoms with van der Waals surface area (Å²) in [5, 5.41) is 7.57. The van der Waals surface area contributed by atoms with Gasteiger partial charge in [-0.1, -0.05) is 30.3 Å². The second-order valence-electron chi connectivity index (χ2n) is 3.46. The Morgan fingerprint density at radius 3 is 2.87 bits per heavy atom. The van der Waals surface area contributed by atoms with Gasteiger partial charge in [0.05, 0.1) is 11.9 Å². The smallest absolute Gasteiger partial charge is 0.130 e. The van der Waals surface area contributed by atoms with Crippen molar-refractivity contribution in [3.63, 3.8) is 0 Å². The van der Waals surface area contributed by atoms with Gasteiger partial charge in [0.25, 0.3) is 0 Å². The van der Waals surface area contributed by atoms with E-state index in [0.29, 0.717) is 0 Å². The van der Waals surface area contributed by atoms with Crippen molar-refractivity contribution >= 4 is 11.5 Å². The maximum absolute atomic E-state index is 4.30. The lowest BCUT2D eigenvalue weighted by Crippen LogP contribution is -2.14. The minimum absolute atomic E-state index is 0.857. The molecule has 1 aliphatic rings. The van der Waals surface area contributed by atoms with E-state index in [2.05, 4.69) is 28.6 Å². The fraction of sp³-hybridized carbons (Fsp3) is 0.0833. The number of anilines is 1. The van der Waals surface area contributed by atoms with Crippen LogP contribution in [0.15, 0.2) is 48.7 Å². The standard InChI is InChI=1S/C12H11N3/c1-2-4-10(5-3-1)11-6-8-13-12-7-9-14-15(11)12/h1-7,9,13H,8H2. The minimum Gasteiger partial charge on any atom is -0.366 e. The summed E-state index contributed by atoms with van der Waals surface area (Å²) in [7, 11) is 0. The predicted molar refractivity (Wildman–Crippen MR) is 60.5 cm³/mol. The van der Waals surface area contributed by atoms with E-state index < -0.39 is 0 Å². The number of hydrogen-bond acceptors (Lipinski definition) is 2. The Hall–Kier alpha value is -2.03. The molecule has 0 spiro atoms. The third-order valence-electron chi connectivity index (χ3n) is 2.52. The van der Waals surface area contributed by atoms with Gasteiger partial charge in [0.1, 0.15) is 5.82 Å². The Morgan fingerprint density at radius 1 is 1.13 bits per heavy atom. The summed E-state index contributed by atoms with van der Waals surface area (Å²) in [4.78, 5) is 0. The molecule has 1 aliphatic heterocycles. The first-order valence-corrected chi connectivity index (χ1v) is 4.99. The number of nitrogens with zero attached hydrogens (tertiary/aromatic N) is 2. The molecular weight excluding hydrogens is 186 g/mol. The molecule has 2 heterocycles. The Labute approximate surface area is 88.0 Å². The Morgan fingerprint density at radius 2 is 2.00 bits per heavy atom. The Kier molecular flexibility index (Phi) is 1.81. The van der Waals surface area contributed by atoms with Crippen molar-refractivity contribution in [2.75, 3.05) is 11.9 Å². The lowest BCUT2D eigenvalue weighted by atomic mass is 10.1. The molecule has 15 heavy (non-hydrogen) atoms. The molecule has 0 radical (unpaired) electrons. The quantitative estimate of drug-likeness (QED) is 0.759. The molecule has 0 unspecified atom stereocenters. The number of fused-ring (bicyclic) bond motifs is 1. The lowest BCUT2D eigenvalue weighted by Gasteiger charge is -2.17. The van der Waals surface area contributed by atoms with Crippen LogP contribution in [-0.2, 0) is 0 Å². The van der Waals surface area contributed by atoms with Crippen molar-refractivity contribution in [2.24, 2.45) is 0 Å². The van der Waals surface area contributed by atoms with E-state index in [9.17, 15) is 0 Å². The molecular formula is C12H11N3. The molecule has 0 atom stereocenters. The molecule has 0 amide bonds. The van der Waals surface area contributed by atoms with Crippen LogP contribution < -0.4 is 5.32 Å². The zero-order valence-corrected chi connectivity index (χ0v) is 8.22. The summed E-state index contributed by atoms with van der Waals surface area (Å²) < 4.78 is 1.93. The van der Waals surface area contributed by atoms with Gasteiger partial charge in [-0.2, -0.15) is 5.10 Å². The first kappa shape index (κ1) is 8.29. The number of nitrogens with one attached hydrogen (secondary N) is 1. The van der Waals surface area contributed by atoms with Crippen molar-refractivity contribution in [3.8, 4) is 0 Å². The summed E-state index contributed by atoms with van der Waals surface area (Å²) in [5.41, 5.74) is 2.35. The van der Waals surface area contributed by atoms with Crippen molar-refractivity contribution in [3.05, 3.63) is 54.2 Å². The molecule has 1 aromatic carbocycles. The van der Waals surface area contributed by atoms with E-state index in [4.69, 9.17) is 0 Å². The highest BCUT2D eigenvalue weighted by molar-refractivity contribution is 5.71. The van der Waals surface area contributed by atoms with Crippen LogP contribution in [0.4, 0.5) is 5.82 Å². The normalized spacial score (nSPS) is 14.0. The number of hydrogen-bond donors (Lipinski definition) is 1. The largest absolute Gasteiger partial charge is 0.366 e. The molecule has 0 fully saturated rings. The van der Waals surface area contributed by atoms with Gasteiger partial charge in [-0.3, -0.25) is 0 Å². The maximum atomic E-state index is 4.30. The molecule has 2 aromatic rings. The lowest BCUT2D eigenvalue weighted by molar-refractivity contribution is 0.886. The molecule has 1 aromatic heterocycles. The third kappa shape index (κ3) is 1.32. The van der Waals surface area contributed by atoms with Crippen LogP contribution in [0.3, 0.4) is 0 Å². The summed E-state index contributed by atoms with van der Waals surface area (Å²) in [6.07, 6.45) is 3.96. The van der Waals surface area contributed by atoms with Crippen LogP contribution in [0.5, 0.6) is 0 Å². The van der Waals surface area contributed by atoms with Gasteiger partial charge < -0.3 is 5.32 Å². The van der Waals surface area contributed by atoms with Gasteiger partial charge in [0, 0.05) is 12.6 Å². The second kappa shape index (κ2) is 3.28. The molecule has 3 rings (SSSR count). The fourth-order valence-electron chi connectivity index (χ4n) is 1.82. The van der Waals surface area contributed by atoms with E-state index in [-0.39, 0.29) is 0 Å². The Bertz CT molecular complexity index is 497. The maximum Gasteiger partial charge on any atom is 0.130 e. The number of aromatic nitrogens is 2. The fourth-order valence-corrected chi connectivity index (χ4v) is 1.82. The van der Waals surface area contributed by atoms with Crippen LogP contribution in [0.25, 0.3) is 5.70 Å². The van der Waals surface area contributed by atoms with Crippen molar-refractivity contribution in [1.82, 2.24) is 9.78 Å². The zero-order valence-electron chi connectivity index (χ0n) is 8.22. The minimum atomic E-state index is 0.857. The predicted octanol–water partition coefficient (Wildman–Crippen LogP) is 2.20. The van der Waals surface area contributed by atoms with E-state index >= 15 is 0 Å². The van der Waals surface area contributed by atoms with E-state index in [1.54, 1.807) is 0 Å². The molecule has 74 valence electrons. The summed E-state index contributed by atoms with van der Waals surface area (Å²) in [6, 6.07) is 12.3. The molecule has 0 saturated carbocycles. The monoisotopic (exact) mass is 197 g/mol. The van der Waals surface area contributed by atoms with Crippen LogP contribution in [-0.4, -0.2) is 16.3 Å². The Balaban J connectivity index is 2.12. The number of rotatable bonds is 1. The average Bonchev–Trinajstić information content (AvgIpc) is 2.78. The van der Waals surface area contributed by atoms with Crippen molar-refractivity contribution in [2.45, 2.75) is 0 Å². The topological polar surface area (TPSA) is 29.9 Å². The van der Waals surface area contributed by atoms with Crippen molar-refractivity contribution in [1.29, 1.82) is 0 Å². The molecule has 3 nitrogen and oxygen atoms in total. The summed E-state index contributed by atoms with van der Waals surface area (Å²) in [5.74, 6) is 1.05. The van der Waals surface area contributed by atoms with Gasteiger partial charge >= 0.3 is 0 Å². The molecule has 0 aliphatic carbocycles. The van der Waals surface area contributed by atoms with Gasteiger partial charge in [-0.25, -0.2) is 4.68 Å². The highest BCUT2D eigenvalue weighted by atomic mass is 15.3. The van der Waals surface area contributed by atoms with Crippen molar-refractivity contribution < 1.29 is 0 Å². The van der Waals surface area contributed by atoms with Crippen LogP contribution in [0.2, 0.25) is 0 Å². The average molecular weight is 197 g/mol. The molecule has 0 saturated heterocycles. The summed E-state index contributed by atoms with van der Waals surface area (Å²) in [6.45, 7) is 0.857. The molecule has 3 heteroatoms. The van der Waals surface area contributed by atoms with Gasteiger partial charge in [-0.15, -0.1) is 0 Å². The first-order chi connectivity index (χ1) is 7.45. The zero-order chi connectivity index (χ0) is 10.1. The molecule has 1 N–H and O–H groups in total. The SMILES string of the molecule is C1=C(c2ccccc2)n2nccc2NC1. The highest BCUT2D eigenvalue weighted by Crippen LogP contribution is 2.23. The highest BCUT2D eigenvalue weighted by Gasteiger charge is 2.12. The van der Waals surface area contributed by atoms with E-state index in [0.717, 1.165) is 18.1 Å². The summed E-state index contributed by atoms with van der Waals surface area (Å²) >= 11 is 0. The van der Waals surface area contributed by atoms with Crippen LogP contribution in [0.1, 0.15) is 5.56 Å².